The summed E-state index contributed by atoms with van der Waals surface area (Å²) in [5.41, 5.74) is 4.32. The van der Waals surface area contributed by atoms with Crippen molar-refractivity contribution >= 4 is 22.9 Å². The highest BCUT2D eigenvalue weighted by molar-refractivity contribution is 5.89. The number of aryl methyl sites for hydroxylation is 2. The van der Waals surface area contributed by atoms with Crippen LogP contribution < -0.4 is 29.1 Å². The minimum Gasteiger partial charge on any atom is -0.489 e. The fourth-order valence-corrected chi connectivity index (χ4v) is 10.4. The van der Waals surface area contributed by atoms with E-state index >= 15 is 4.79 Å². The highest BCUT2D eigenvalue weighted by atomic mass is 19.1. The molecule has 11 rings (SSSR count). The number of esters is 2. The van der Waals surface area contributed by atoms with Gasteiger partial charge in [-0.15, -0.1) is 0 Å². The fourth-order valence-electron chi connectivity index (χ4n) is 10.4. The zero-order chi connectivity index (χ0) is 59.4. The monoisotopic (exact) mass is 1160 g/mol. The standard InChI is InChI=1S/C70H62F2O14/c71-52-34-29-45(30-35-52)17-13-15-27-60(73)80-44-59-63(75)65(77)68(83-61(74)28-16-14-18-46-31-36-53(72)37-32-46)69(82-59)84-67-64(76)62-57(79-43-48-21-7-2-8-22-48)40-54(78-42-47-19-5-1-6-20-47)41-58(62)81-66(67)49-33-38-55-56(39-49)86-70(85-55,50-23-9-3-10-24-50)51-25-11-4-12-26-51/h1-12,19-26,29-41,59,63,65,68-69,75,77H,13-18,27-28,42-44H2/t59-,63+,65+,68-,69+/m1/s1. The Hall–Kier alpha value is -9.35. The van der Waals surface area contributed by atoms with Crippen LogP contribution in [0.1, 0.15) is 71.9 Å². The van der Waals surface area contributed by atoms with Crippen molar-refractivity contribution in [2.45, 2.75) is 101 Å². The van der Waals surface area contributed by atoms with Gasteiger partial charge in [-0.1, -0.05) is 146 Å². The van der Waals surface area contributed by atoms with Gasteiger partial charge >= 0.3 is 17.7 Å². The summed E-state index contributed by atoms with van der Waals surface area (Å²) in [7, 11) is 0. The van der Waals surface area contributed by atoms with Crippen LogP contribution in [-0.2, 0) is 55.6 Å². The number of aliphatic hydroxyl groups is 2. The molecular weight excluding hydrogens is 1100 g/mol. The van der Waals surface area contributed by atoms with E-state index in [0.717, 1.165) is 22.3 Å². The number of hydrogen-bond donors (Lipinski definition) is 2. The molecule has 0 amide bonds. The topological polar surface area (TPSA) is 179 Å². The zero-order valence-corrected chi connectivity index (χ0v) is 46.8. The van der Waals surface area contributed by atoms with Gasteiger partial charge in [0.25, 0.3) is 0 Å². The number of ether oxygens (including phenoxy) is 8. The lowest BCUT2D eigenvalue weighted by Crippen LogP contribution is -2.61. The summed E-state index contributed by atoms with van der Waals surface area (Å²) in [6, 6.07) is 57.9. The molecular formula is C70H62F2O14. The molecule has 5 atom stereocenters. The molecule has 0 spiro atoms. The van der Waals surface area contributed by atoms with E-state index in [1.165, 1.54) is 24.3 Å². The average Bonchev–Trinajstić information content (AvgIpc) is 1.60. The number of hydrogen-bond acceptors (Lipinski definition) is 14. The predicted octanol–water partition coefficient (Wildman–Crippen LogP) is 12.7. The summed E-state index contributed by atoms with van der Waals surface area (Å²) in [6.45, 7) is -0.395. The molecule has 0 aliphatic carbocycles. The molecule has 9 aromatic rings. The molecule has 1 fully saturated rings. The van der Waals surface area contributed by atoms with Crippen molar-refractivity contribution in [1.29, 1.82) is 0 Å². The van der Waals surface area contributed by atoms with Crippen molar-refractivity contribution < 1.29 is 70.9 Å². The van der Waals surface area contributed by atoms with Crippen LogP contribution >= 0.6 is 0 Å². The van der Waals surface area contributed by atoms with Crippen LogP contribution in [0.3, 0.4) is 0 Å². The van der Waals surface area contributed by atoms with E-state index in [1.54, 1.807) is 54.6 Å². The molecule has 8 aromatic carbocycles. The number of unbranched alkanes of at least 4 members (excludes halogenated alkanes) is 2. The zero-order valence-electron chi connectivity index (χ0n) is 46.8. The minimum atomic E-state index is -1.92. The maximum Gasteiger partial charge on any atom is 0.306 e. The quantitative estimate of drug-likeness (QED) is 0.0431. The summed E-state index contributed by atoms with van der Waals surface area (Å²) in [4.78, 5) is 42.9. The lowest BCUT2D eigenvalue weighted by Gasteiger charge is -2.41. The lowest BCUT2D eigenvalue weighted by atomic mass is 9.97. The molecule has 0 bridgehead atoms. The fraction of sp³-hybridized carbons (Fsp3) is 0.243. The Bertz CT molecular complexity index is 3750. The lowest BCUT2D eigenvalue weighted by molar-refractivity contribution is -0.283. The normalized spacial score (nSPS) is 17.6. The number of carbonyl (C=O) groups excluding carboxylic acids is 2. The Kier molecular flexibility index (Phi) is 18.4. The molecule has 2 aliphatic heterocycles. The third-order valence-corrected chi connectivity index (χ3v) is 15.0. The van der Waals surface area contributed by atoms with E-state index < -0.39 is 66.2 Å². The van der Waals surface area contributed by atoms with Gasteiger partial charge in [0, 0.05) is 41.7 Å². The smallest absolute Gasteiger partial charge is 0.306 e. The SMILES string of the molecule is O=C(CCCCc1ccc(F)cc1)OC[C@H]1O[C@@H](Oc2c(-c3ccc4c(c3)OC(c3ccccc3)(c3ccccc3)O4)oc3cc(OCc4ccccc4)cc(OCc4ccccc4)c3c2=O)[C@H](OC(=O)CCCCc2ccc(F)cc2)[C@@H](O)[C@H]1O. The van der Waals surface area contributed by atoms with Crippen molar-refractivity contribution in [3.05, 3.63) is 255 Å². The Balaban J connectivity index is 0.961. The number of halogens is 2. The molecule has 0 radical (unpaired) electrons. The van der Waals surface area contributed by atoms with E-state index in [-0.39, 0.29) is 71.5 Å². The van der Waals surface area contributed by atoms with E-state index in [0.29, 0.717) is 61.2 Å². The molecule has 1 saturated heterocycles. The van der Waals surface area contributed by atoms with E-state index in [2.05, 4.69) is 0 Å². The van der Waals surface area contributed by atoms with E-state index in [9.17, 15) is 28.6 Å². The first-order valence-electron chi connectivity index (χ1n) is 28.6. The summed E-state index contributed by atoms with van der Waals surface area (Å²) < 4.78 is 85.1. The van der Waals surface area contributed by atoms with Crippen molar-refractivity contribution in [2.24, 2.45) is 0 Å². The average molecular weight is 1170 g/mol. The van der Waals surface area contributed by atoms with Crippen molar-refractivity contribution in [3.8, 4) is 40.1 Å². The van der Waals surface area contributed by atoms with Gasteiger partial charge in [0.15, 0.2) is 23.4 Å². The van der Waals surface area contributed by atoms with Gasteiger partial charge in [-0.25, -0.2) is 8.78 Å². The maximum absolute atomic E-state index is 15.8. The van der Waals surface area contributed by atoms with Crippen LogP contribution in [0, 0.1) is 11.6 Å². The van der Waals surface area contributed by atoms with Gasteiger partial charge < -0.3 is 52.5 Å². The molecule has 1 aromatic heterocycles. The third kappa shape index (κ3) is 13.9. The number of carbonyl (C=O) groups is 2. The second-order valence-corrected chi connectivity index (χ2v) is 21.1. The van der Waals surface area contributed by atoms with E-state index in [4.69, 9.17) is 42.3 Å². The highest BCUT2D eigenvalue weighted by Gasteiger charge is 2.50. The van der Waals surface area contributed by atoms with Crippen molar-refractivity contribution in [3.63, 3.8) is 0 Å². The van der Waals surface area contributed by atoms with Crippen LogP contribution in [0.4, 0.5) is 8.78 Å². The summed E-state index contributed by atoms with van der Waals surface area (Å²) >= 11 is 0. The van der Waals surface area contributed by atoms with Gasteiger partial charge in [-0.3, -0.25) is 14.4 Å². The third-order valence-electron chi connectivity index (χ3n) is 15.0. The van der Waals surface area contributed by atoms with Gasteiger partial charge in [-0.2, -0.15) is 0 Å². The molecule has 16 heteroatoms. The number of fused-ring (bicyclic) bond motifs is 2. The van der Waals surface area contributed by atoms with Crippen LogP contribution in [0.2, 0.25) is 0 Å². The molecule has 2 aliphatic rings. The summed E-state index contributed by atoms with van der Waals surface area (Å²) in [6.07, 6.45) is -5.98. The molecule has 14 nitrogen and oxygen atoms in total. The minimum absolute atomic E-state index is 0.00355. The summed E-state index contributed by atoms with van der Waals surface area (Å²) in [5.74, 6) is -3.22. The molecule has 3 heterocycles. The Morgan fingerprint density at radius 3 is 1.70 bits per heavy atom. The van der Waals surface area contributed by atoms with Crippen molar-refractivity contribution in [2.75, 3.05) is 6.61 Å². The van der Waals surface area contributed by atoms with Gasteiger partial charge in [-0.05, 0) is 103 Å². The maximum atomic E-state index is 15.8. The largest absolute Gasteiger partial charge is 0.489 e. The van der Waals surface area contributed by atoms with Gasteiger partial charge in [0.1, 0.15) is 72.2 Å². The Labute approximate surface area is 495 Å². The predicted molar refractivity (Wildman–Crippen MR) is 314 cm³/mol. The molecule has 0 saturated carbocycles. The Morgan fingerprint density at radius 1 is 0.558 bits per heavy atom. The number of benzene rings is 8. The number of aliphatic hydroxyl groups excluding tert-OH is 2. The van der Waals surface area contributed by atoms with Gasteiger partial charge in [0.2, 0.25) is 17.5 Å². The number of rotatable bonds is 24. The van der Waals surface area contributed by atoms with Crippen LogP contribution in [-0.4, -0.2) is 59.5 Å². The van der Waals surface area contributed by atoms with Crippen LogP contribution in [0.15, 0.2) is 209 Å². The highest BCUT2D eigenvalue weighted by Crippen LogP contribution is 2.50. The molecule has 2 N–H and O–H groups in total. The first-order valence-corrected chi connectivity index (χ1v) is 28.6. The molecule has 0 unspecified atom stereocenters. The molecule has 440 valence electrons. The second-order valence-electron chi connectivity index (χ2n) is 21.1. The van der Waals surface area contributed by atoms with Crippen LogP contribution in [0.5, 0.6) is 28.7 Å². The second kappa shape index (κ2) is 27.1. The van der Waals surface area contributed by atoms with Crippen molar-refractivity contribution in [1.82, 2.24) is 0 Å². The van der Waals surface area contributed by atoms with Gasteiger partial charge in [0.05, 0.1) is 0 Å². The first-order chi connectivity index (χ1) is 42.0. The van der Waals surface area contributed by atoms with Crippen LogP contribution in [0.25, 0.3) is 22.3 Å². The van der Waals surface area contributed by atoms with E-state index in [1.807, 2.05) is 121 Å². The Morgan fingerprint density at radius 2 is 1.10 bits per heavy atom. The molecule has 86 heavy (non-hydrogen) atoms. The summed E-state index contributed by atoms with van der Waals surface area (Å²) in [5, 5.41) is 23.6. The first kappa shape index (κ1) is 58.4.